The van der Waals surface area contributed by atoms with Crippen LogP contribution in [0.2, 0.25) is 0 Å². The highest BCUT2D eigenvalue weighted by atomic mass is 14.7. The molecule has 46 heavy (non-hydrogen) atoms. The Balaban J connectivity index is 1.32. The average molecular weight is 585 g/mol. The number of pyridine rings is 2. The van der Waals surface area contributed by atoms with E-state index >= 15 is 0 Å². The first-order chi connectivity index (χ1) is 22.8. The van der Waals surface area contributed by atoms with Crippen molar-refractivity contribution in [3.8, 4) is 44.6 Å². The van der Waals surface area contributed by atoms with E-state index in [4.69, 9.17) is 4.98 Å². The maximum atomic E-state index is 5.40. The maximum Gasteiger partial charge on any atom is 0.0794 e. The summed E-state index contributed by atoms with van der Waals surface area (Å²) in [5.41, 5.74) is 10.1. The summed E-state index contributed by atoms with van der Waals surface area (Å²) < 4.78 is 0. The second kappa shape index (κ2) is 10.8. The lowest BCUT2D eigenvalue weighted by Gasteiger charge is -2.16. The van der Waals surface area contributed by atoms with E-state index in [1.54, 1.807) is 0 Å². The molecule has 0 bridgehead atoms. The van der Waals surface area contributed by atoms with E-state index in [1.165, 1.54) is 49.2 Å². The number of fused-ring (bicyclic) bond motifs is 5. The number of rotatable bonds is 4. The third-order valence-corrected chi connectivity index (χ3v) is 9.13. The fraction of sp³-hybridized carbons (Fsp3) is 0. The van der Waals surface area contributed by atoms with Gasteiger partial charge in [0.25, 0.3) is 0 Å². The molecule has 0 aliphatic rings. The lowest BCUT2D eigenvalue weighted by molar-refractivity contribution is 1.33. The van der Waals surface area contributed by atoms with Crippen molar-refractivity contribution >= 4 is 43.2 Å². The molecule has 0 unspecified atom stereocenters. The first kappa shape index (κ1) is 26.3. The predicted octanol–water partition coefficient (Wildman–Crippen LogP) is 11.8. The molecule has 2 nitrogen and oxygen atoms in total. The van der Waals surface area contributed by atoms with E-state index in [0.717, 1.165) is 38.7 Å². The van der Waals surface area contributed by atoms with Crippen LogP contribution in [0.5, 0.6) is 0 Å². The first-order valence-electron chi connectivity index (χ1n) is 15.6. The largest absolute Gasteiger partial charge is 0.265 e. The summed E-state index contributed by atoms with van der Waals surface area (Å²) in [6.07, 6.45) is 3.67. The molecule has 214 valence electrons. The minimum absolute atomic E-state index is 0.959. The fourth-order valence-electron chi connectivity index (χ4n) is 6.77. The molecule has 0 aliphatic heterocycles. The van der Waals surface area contributed by atoms with E-state index in [0.29, 0.717) is 0 Å². The number of hydrogen-bond acceptors (Lipinski definition) is 2. The summed E-state index contributed by atoms with van der Waals surface area (Å²) in [5.74, 6) is 0. The van der Waals surface area contributed by atoms with E-state index in [-0.39, 0.29) is 0 Å². The van der Waals surface area contributed by atoms with Gasteiger partial charge in [-0.1, -0.05) is 121 Å². The Kier molecular flexibility index (Phi) is 6.17. The van der Waals surface area contributed by atoms with Gasteiger partial charge in [0.15, 0.2) is 0 Å². The summed E-state index contributed by atoms with van der Waals surface area (Å²) in [7, 11) is 0. The lowest BCUT2D eigenvalue weighted by atomic mass is 9.90. The summed E-state index contributed by atoms with van der Waals surface area (Å²) >= 11 is 0. The topological polar surface area (TPSA) is 25.8 Å². The van der Waals surface area contributed by atoms with Crippen LogP contribution in [0.25, 0.3) is 87.9 Å². The SMILES string of the molecule is c1ccc2cc(-c3cc4c(-c5ccc6ccccc6c5)cc(-c5ccc(-c6ccncc6)cc5)nc4c4ccccc34)ccc2c1. The van der Waals surface area contributed by atoms with Gasteiger partial charge in [-0.25, -0.2) is 4.98 Å². The number of nitrogens with zero attached hydrogens (tertiary/aromatic N) is 2. The van der Waals surface area contributed by atoms with Crippen molar-refractivity contribution < 1.29 is 0 Å². The molecule has 2 heterocycles. The molecule has 0 fully saturated rings. The molecule has 9 aromatic rings. The van der Waals surface area contributed by atoms with Crippen LogP contribution in [0, 0.1) is 0 Å². The van der Waals surface area contributed by atoms with Crippen molar-refractivity contribution in [1.29, 1.82) is 0 Å². The van der Waals surface area contributed by atoms with Crippen LogP contribution in [-0.4, -0.2) is 9.97 Å². The highest BCUT2D eigenvalue weighted by molar-refractivity contribution is 6.16. The molecule has 0 atom stereocenters. The molecule has 0 saturated heterocycles. The molecule has 2 heteroatoms. The standard InChI is InChI=1S/C44H28N2/c1-3-9-34-25-36(19-15-29(34)7-1)40-27-42-41(37-20-16-30-8-2-4-10-35(30)26-37)28-43(46-44(42)39-12-6-5-11-38(39)40)33-17-13-31(14-18-33)32-21-23-45-24-22-32/h1-28H. The zero-order chi connectivity index (χ0) is 30.5. The first-order valence-corrected chi connectivity index (χ1v) is 15.6. The van der Waals surface area contributed by atoms with Gasteiger partial charge in [0.2, 0.25) is 0 Å². The molecule has 2 aromatic heterocycles. The van der Waals surface area contributed by atoms with Crippen LogP contribution in [0.15, 0.2) is 170 Å². The van der Waals surface area contributed by atoms with E-state index in [9.17, 15) is 0 Å². The van der Waals surface area contributed by atoms with Crippen LogP contribution in [0.3, 0.4) is 0 Å². The molecule has 0 spiro atoms. The van der Waals surface area contributed by atoms with Crippen LogP contribution in [0.1, 0.15) is 0 Å². The van der Waals surface area contributed by atoms with E-state index < -0.39 is 0 Å². The Morgan fingerprint density at radius 2 is 0.826 bits per heavy atom. The summed E-state index contributed by atoms with van der Waals surface area (Å²) in [5, 5.41) is 8.45. The normalized spacial score (nSPS) is 11.5. The molecule has 0 saturated carbocycles. The highest BCUT2D eigenvalue weighted by Crippen LogP contribution is 2.41. The van der Waals surface area contributed by atoms with Crippen molar-refractivity contribution in [2.24, 2.45) is 0 Å². The molecule has 0 amide bonds. The molecular formula is C44H28N2. The van der Waals surface area contributed by atoms with Gasteiger partial charge < -0.3 is 0 Å². The van der Waals surface area contributed by atoms with Crippen LogP contribution >= 0.6 is 0 Å². The Morgan fingerprint density at radius 3 is 1.48 bits per heavy atom. The van der Waals surface area contributed by atoms with Crippen LogP contribution in [-0.2, 0) is 0 Å². The monoisotopic (exact) mass is 584 g/mol. The number of benzene rings is 7. The second-order valence-corrected chi connectivity index (χ2v) is 11.9. The quantitative estimate of drug-likeness (QED) is 0.192. The van der Waals surface area contributed by atoms with Crippen molar-refractivity contribution in [2.45, 2.75) is 0 Å². The molecule has 0 aliphatic carbocycles. The van der Waals surface area contributed by atoms with Crippen LogP contribution in [0.4, 0.5) is 0 Å². The molecule has 0 radical (unpaired) electrons. The minimum atomic E-state index is 0.959. The fourth-order valence-corrected chi connectivity index (χ4v) is 6.77. The van der Waals surface area contributed by atoms with Gasteiger partial charge in [0.1, 0.15) is 0 Å². The Morgan fingerprint density at radius 1 is 0.326 bits per heavy atom. The summed E-state index contributed by atoms with van der Waals surface area (Å²) in [4.78, 5) is 9.58. The highest BCUT2D eigenvalue weighted by Gasteiger charge is 2.16. The van der Waals surface area contributed by atoms with Crippen LogP contribution < -0.4 is 0 Å². The minimum Gasteiger partial charge on any atom is -0.265 e. The van der Waals surface area contributed by atoms with Gasteiger partial charge in [-0.3, -0.25) is 4.98 Å². The molecule has 7 aromatic carbocycles. The zero-order valence-corrected chi connectivity index (χ0v) is 25.1. The van der Waals surface area contributed by atoms with Gasteiger partial charge in [-0.05, 0) is 96.7 Å². The van der Waals surface area contributed by atoms with Gasteiger partial charge in [-0.15, -0.1) is 0 Å². The lowest BCUT2D eigenvalue weighted by Crippen LogP contribution is -1.93. The van der Waals surface area contributed by atoms with Crippen molar-refractivity contribution in [3.63, 3.8) is 0 Å². The van der Waals surface area contributed by atoms with Crippen molar-refractivity contribution in [2.75, 3.05) is 0 Å². The summed E-state index contributed by atoms with van der Waals surface area (Å²) in [6.45, 7) is 0. The summed E-state index contributed by atoms with van der Waals surface area (Å²) in [6, 6.07) is 56.8. The van der Waals surface area contributed by atoms with E-state index in [2.05, 4.69) is 151 Å². The van der Waals surface area contributed by atoms with Gasteiger partial charge >= 0.3 is 0 Å². The molecular weight excluding hydrogens is 556 g/mol. The van der Waals surface area contributed by atoms with Gasteiger partial charge in [0, 0.05) is 28.7 Å². The Bertz CT molecular complexity index is 2570. The van der Waals surface area contributed by atoms with Gasteiger partial charge in [0.05, 0.1) is 11.2 Å². The Labute approximate surface area is 267 Å². The van der Waals surface area contributed by atoms with Crippen molar-refractivity contribution in [3.05, 3.63) is 170 Å². The maximum absolute atomic E-state index is 5.40. The average Bonchev–Trinajstić information content (AvgIpc) is 3.14. The zero-order valence-electron chi connectivity index (χ0n) is 25.1. The number of hydrogen-bond donors (Lipinski definition) is 0. The predicted molar refractivity (Wildman–Crippen MR) is 194 cm³/mol. The number of aromatic nitrogens is 2. The third kappa shape index (κ3) is 4.51. The Hall–Kier alpha value is -6.12. The van der Waals surface area contributed by atoms with Gasteiger partial charge in [-0.2, -0.15) is 0 Å². The molecule has 9 rings (SSSR count). The van der Waals surface area contributed by atoms with Crippen molar-refractivity contribution in [1.82, 2.24) is 9.97 Å². The second-order valence-electron chi connectivity index (χ2n) is 11.9. The molecule has 0 N–H and O–H groups in total. The smallest absolute Gasteiger partial charge is 0.0794 e. The third-order valence-electron chi connectivity index (χ3n) is 9.13. The van der Waals surface area contributed by atoms with E-state index in [1.807, 2.05) is 24.5 Å².